The third-order valence-corrected chi connectivity index (χ3v) is 1.81. The minimum atomic E-state index is -4.59. The second kappa shape index (κ2) is 4.29. The van der Waals surface area contributed by atoms with E-state index in [9.17, 15) is 13.2 Å². The number of aromatic nitrogens is 2. The van der Waals surface area contributed by atoms with E-state index in [-0.39, 0.29) is 18.2 Å². The quantitative estimate of drug-likeness (QED) is 0.783. The van der Waals surface area contributed by atoms with Crippen molar-refractivity contribution in [2.24, 2.45) is 0 Å². The lowest BCUT2D eigenvalue weighted by Gasteiger charge is -2.01. The molecule has 1 aromatic heterocycles. The maximum atomic E-state index is 12.1. The van der Waals surface area contributed by atoms with E-state index in [2.05, 4.69) is 14.7 Å². The molecule has 0 bridgehead atoms. The van der Waals surface area contributed by atoms with Crippen LogP contribution >= 0.6 is 0 Å². The molecule has 1 heterocycles. The van der Waals surface area contributed by atoms with Crippen LogP contribution in [0.5, 0.6) is 0 Å². The summed E-state index contributed by atoms with van der Waals surface area (Å²) in [6.07, 6.45) is -3.95. The van der Waals surface area contributed by atoms with Crippen molar-refractivity contribution in [1.29, 1.82) is 5.26 Å². The van der Waals surface area contributed by atoms with E-state index in [4.69, 9.17) is 5.26 Å². The number of halogens is 3. The maximum absolute atomic E-state index is 12.1. The Labute approximate surface area is 83.7 Å². The van der Waals surface area contributed by atoms with Crippen molar-refractivity contribution in [3.63, 3.8) is 0 Å². The summed E-state index contributed by atoms with van der Waals surface area (Å²) >= 11 is 0. The molecule has 1 unspecified atom stereocenters. The lowest BCUT2D eigenvalue weighted by atomic mass is 10.1. The molecule has 0 aliphatic heterocycles. The third-order valence-electron chi connectivity index (χ3n) is 1.81. The molecule has 1 aromatic rings. The van der Waals surface area contributed by atoms with Crippen LogP contribution in [0.3, 0.4) is 0 Å². The van der Waals surface area contributed by atoms with Crippen LogP contribution in [0.15, 0.2) is 4.52 Å². The van der Waals surface area contributed by atoms with Gasteiger partial charge in [0.15, 0.2) is 0 Å². The molecule has 0 fully saturated rings. The van der Waals surface area contributed by atoms with Gasteiger partial charge in [-0.05, 0) is 6.42 Å². The van der Waals surface area contributed by atoms with Crippen molar-refractivity contribution in [1.82, 2.24) is 10.1 Å². The summed E-state index contributed by atoms with van der Waals surface area (Å²) in [6.45, 7) is 1.63. The second-order valence-corrected chi connectivity index (χ2v) is 3.05. The van der Waals surface area contributed by atoms with Gasteiger partial charge >= 0.3 is 6.18 Å². The van der Waals surface area contributed by atoms with Gasteiger partial charge in [-0.1, -0.05) is 12.1 Å². The zero-order chi connectivity index (χ0) is 11.5. The van der Waals surface area contributed by atoms with Crippen LogP contribution in [0, 0.1) is 11.3 Å². The Morgan fingerprint density at radius 2 is 2.20 bits per heavy atom. The lowest BCUT2D eigenvalue weighted by Crippen LogP contribution is -2.07. The van der Waals surface area contributed by atoms with Crippen LogP contribution < -0.4 is 0 Å². The van der Waals surface area contributed by atoms with E-state index in [1.54, 1.807) is 6.92 Å². The zero-order valence-corrected chi connectivity index (χ0v) is 7.88. The van der Waals surface area contributed by atoms with Gasteiger partial charge in [0.25, 0.3) is 5.82 Å². The van der Waals surface area contributed by atoms with Gasteiger partial charge in [-0.2, -0.15) is 23.4 Å². The smallest absolute Gasteiger partial charge is 0.339 e. The van der Waals surface area contributed by atoms with Gasteiger partial charge < -0.3 is 4.52 Å². The van der Waals surface area contributed by atoms with Crippen LogP contribution in [0.2, 0.25) is 0 Å². The molecule has 0 spiro atoms. The van der Waals surface area contributed by atoms with Crippen LogP contribution in [-0.4, -0.2) is 10.1 Å². The largest absolute Gasteiger partial charge is 0.455 e. The molecule has 1 rings (SSSR count). The number of hydrogen-bond donors (Lipinski definition) is 0. The topological polar surface area (TPSA) is 62.7 Å². The van der Waals surface area contributed by atoms with E-state index in [1.807, 2.05) is 6.07 Å². The minimum Gasteiger partial charge on any atom is -0.339 e. The minimum absolute atomic E-state index is 0.0856. The second-order valence-electron chi connectivity index (χ2n) is 3.05. The highest BCUT2D eigenvalue weighted by Crippen LogP contribution is 2.28. The molecule has 0 radical (unpaired) electrons. The Morgan fingerprint density at radius 3 is 2.67 bits per heavy atom. The fourth-order valence-electron chi connectivity index (χ4n) is 0.955. The van der Waals surface area contributed by atoms with Gasteiger partial charge in [-0.15, -0.1) is 0 Å². The summed E-state index contributed by atoms with van der Waals surface area (Å²) in [5.41, 5.74) is 0. The lowest BCUT2D eigenvalue weighted by molar-refractivity contribution is -0.146. The van der Waals surface area contributed by atoms with Crippen LogP contribution in [-0.2, 0) is 6.18 Å². The Kier molecular flexibility index (Phi) is 3.29. The summed E-state index contributed by atoms with van der Waals surface area (Å²) in [5, 5.41) is 11.1. The first-order chi connectivity index (χ1) is 6.95. The van der Waals surface area contributed by atoms with Gasteiger partial charge in [0.05, 0.1) is 6.07 Å². The van der Waals surface area contributed by atoms with E-state index in [0.717, 1.165) is 0 Å². The molecular formula is C8H8F3N3O. The summed E-state index contributed by atoms with van der Waals surface area (Å²) < 4.78 is 40.7. The Hall–Kier alpha value is -1.58. The monoisotopic (exact) mass is 219 g/mol. The van der Waals surface area contributed by atoms with Gasteiger partial charge in [0, 0.05) is 12.3 Å². The van der Waals surface area contributed by atoms with Crippen molar-refractivity contribution >= 4 is 0 Å². The summed E-state index contributed by atoms with van der Waals surface area (Å²) in [4.78, 5) is 3.22. The fraction of sp³-hybridized carbons (Fsp3) is 0.625. The van der Waals surface area contributed by atoms with E-state index in [1.165, 1.54) is 0 Å². The van der Waals surface area contributed by atoms with Gasteiger partial charge in [-0.25, -0.2) is 0 Å². The van der Waals surface area contributed by atoms with Crippen molar-refractivity contribution in [2.75, 3.05) is 0 Å². The summed E-state index contributed by atoms with van der Waals surface area (Å²) in [6, 6.07) is 1.89. The predicted octanol–water partition coefficient (Wildman–Crippen LogP) is 2.50. The Morgan fingerprint density at radius 1 is 1.53 bits per heavy atom. The van der Waals surface area contributed by atoms with Gasteiger partial charge in [0.2, 0.25) is 5.89 Å². The normalized spacial score (nSPS) is 13.5. The third kappa shape index (κ3) is 2.94. The fourth-order valence-corrected chi connectivity index (χ4v) is 0.955. The SMILES string of the molecule is CC(CCC#N)c1nc(C(F)(F)F)no1. The molecule has 0 amide bonds. The predicted molar refractivity (Wildman–Crippen MR) is 42.6 cm³/mol. The average Bonchev–Trinajstić information content (AvgIpc) is 2.62. The van der Waals surface area contributed by atoms with E-state index < -0.39 is 12.0 Å². The number of alkyl halides is 3. The summed E-state index contributed by atoms with van der Waals surface area (Å²) in [7, 11) is 0. The molecule has 7 heteroatoms. The molecule has 0 aliphatic carbocycles. The zero-order valence-electron chi connectivity index (χ0n) is 7.88. The highest BCUT2D eigenvalue weighted by atomic mass is 19.4. The van der Waals surface area contributed by atoms with Crippen molar-refractivity contribution in [3.05, 3.63) is 11.7 Å². The molecule has 82 valence electrons. The number of hydrogen-bond acceptors (Lipinski definition) is 4. The van der Waals surface area contributed by atoms with Crippen LogP contribution in [0.4, 0.5) is 13.2 Å². The standard InChI is InChI=1S/C8H8F3N3O/c1-5(3-2-4-12)6-13-7(14-15-6)8(9,10)11/h5H,2-3H2,1H3. The highest BCUT2D eigenvalue weighted by molar-refractivity contribution is 4.96. The first-order valence-corrected chi connectivity index (χ1v) is 4.23. The molecule has 0 aromatic carbocycles. The van der Waals surface area contributed by atoms with Crippen molar-refractivity contribution in [3.8, 4) is 6.07 Å². The molecule has 4 nitrogen and oxygen atoms in total. The number of nitrogens with zero attached hydrogens (tertiary/aromatic N) is 3. The summed E-state index contributed by atoms with van der Waals surface area (Å²) in [5.74, 6) is -1.70. The molecule has 0 saturated carbocycles. The van der Waals surface area contributed by atoms with Gasteiger partial charge in [0.1, 0.15) is 0 Å². The Bertz CT molecular complexity index is 366. The van der Waals surface area contributed by atoms with Crippen LogP contribution in [0.1, 0.15) is 37.4 Å². The maximum Gasteiger partial charge on any atom is 0.455 e. The molecule has 1 atom stereocenters. The number of nitriles is 1. The molecule has 0 N–H and O–H groups in total. The number of rotatable bonds is 3. The first kappa shape index (κ1) is 11.5. The first-order valence-electron chi connectivity index (χ1n) is 4.23. The van der Waals surface area contributed by atoms with E-state index in [0.29, 0.717) is 6.42 Å². The molecule has 0 saturated heterocycles. The van der Waals surface area contributed by atoms with Gasteiger partial charge in [-0.3, -0.25) is 0 Å². The van der Waals surface area contributed by atoms with Crippen LogP contribution in [0.25, 0.3) is 0 Å². The molecular weight excluding hydrogens is 211 g/mol. The van der Waals surface area contributed by atoms with E-state index >= 15 is 0 Å². The van der Waals surface area contributed by atoms with Crippen molar-refractivity contribution in [2.45, 2.75) is 31.9 Å². The highest BCUT2D eigenvalue weighted by Gasteiger charge is 2.37. The molecule has 15 heavy (non-hydrogen) atoms. The van der Waals surface area contributed by atoms with Crippen molar-refractivity contribution < 1.29 is 17.7 Å². The Balaban J connectivity index is 2.72. The molecule has 0 aliphatic rings. The average molecular weight is 219 g/mol.